The fourth-order valence-electron chi connectivity index (χ4n) is 5.66. The smallest absolute Gasteiger partial charge is 0.187 e. The first-order valence-corrected chi connectivity index (χ1v) is 18.8. The van der Waals surface area contributed by atoms with Crippen LogP contribution in [0.25, 0.3) is 0 Å². The zero-order valence-corrected chi connectivity index (χ0v) is 30.3. The second-order valence-electron chi connectivity index (χ2n) is 12.7. The summed E-state index contributed by atoms with van der Waals surface area (Å²) in [7, 11) is 0. The SMILES string of the molecule is CCCCOCC1O[C@@H](O)C(O[C@@H]2OC(C)[C@@H](OCCCC)C(OCCCC)[C@@H]2OCCCC)[C@@H](OCCCC)[C@H]1OCCCC. The van der Waals surface area contributed by atoms with E-state index in [9.17, 15) is 5.11 Å². The molecule has 0 saturated carbocycles. The fourth-order valence-corrected chi connectivity index (χ4v) is 5.66. The van der Waals surface area contributed by atoms with Gasteiger partial charge in [0.15, 0.2) is 12.6 Å². The Labute approximate surface area is 280 Å². The van der Waals surface area contributed by atoms with E-state index in [0.29, 0.717) is 46.2 Å². The topological polar surface area (TPSA) is 103 Å². The van der Waals surface area contributed by atoms with Crippen LogP contribution in [0.1, 0.15) is 126 Å². The number of hydrogen-bond acceptors (Lipinski definition) is 10. The molecule has 10 heteroatoms. The molecular weight excluding hydrogens is 592 g/mol. The molecule has 0 amide bonds. The predicted molar refractivity (Wildman–Crippen MR) is 179 cm³/mol. The second kappa shape index (κ2) is 25.6. The molecule has 2 saturated heterocycles. The lowest BCUT2D eigenvalue weighted by Gasteiger charge is -2.49. The Morgan fingerprint density at radius 1 is 0.478 bits per heavy atom. The molecule has 1 N–H and O–H groups in total. The molecule has 2 aliphatic heterocycles. The number of rotatable bonds is 27. The van der Waals surface area contributed by atoms with Crippen molar-refractivity contribution in [3.8, 4) is 0 Å². The van der Waals surface area contributed by atoms with E-state index in [4.69, 9.17) is 42.6 Å². The monoisotopic (exact) mass is 662 g/mol. The minimum atomic E-state index is -1.27. The van der Waals surface area contributed by atoms with E-state index in [1.807, 2.05) is 6.92 Å². The molecule has 0 aromatic rings. The largest absolute Gasteiger partial charge is 0.379 e. The maximum absolute atomic E-state index is 11.5. The number of aliphatic hydroxyl groups excluding tert-OH is 1. The lowest BCUT2D eigenvalue weighted by Crippen LogP contribution is -2.65. The van der Waals surface area contributed by atoms with Crippen LogP contribution in [0.3, 0.4) is 0 Å². The summed E-state index contributed by atoms with van der Waals surface area (Å²) in [5.74, 6) is 0. The van der Waals surface area contributed by atoms with Crippen molar-refractivity contribution in [3.05, 3.63) is 0 Å². The van der Waals surface area contributed by atoms with Crippen molar-refractivity contribution in [3.63, 3.8) is 0 Å². The Bertz CT molecular complexity index is 714. The van der Waals surface area contributed by atoms with Gasteiger partial charge in [-0.05, 0) is 45.4 Å². The highest BCUT2D eigenvalue weighted by atomic mass is 16.8. The molecule has 46 heavy (non-hydrogen) atoms. The van der Waals surface area contributed by atoms with Gasteiger partial charge in [-0.1, -0.05) is 80.1 Å². The fraction of sp³-hybridized carbons (Fsp3) is 1.00. The Hall–Kier alpha value is -0.400. The maximum Gasteiger partial charge on any atom is 0.187 e. The zero-order valence-electron chi connectivity index (χ0n) is 30.3. The third kappa shape index (κ3) is 14.2. The molecule has 4 unspecified atom stereocenters. The van der Waals surface area contributed by atoms with Crippen LogP contribution in [-0.4, -0.2) is 113 Å². The minimum Gasteiger partial charge on any atom is -0.379 e. The van der Waals surface area contributed by atoms with Gasteiger partial charge < -0.3 is 47.7 Å². The summed E-state index contributed by atoms with van der Waals surface area (Å²) < 4.78 is 57.8. The third-order valence-corrected chi connectivity index (χ3v) is 8.59. The van der Waals surface area contributed by atoms with Crippen molar-refractivity contribution in [2.24, 2.45) is 0 Å². The van der Waals surface area contributed by atoms with Crippen LogP contribution < -0.4 is 0 Å². The summed E-state index contributed by atoms with van der Waals surface area (Å²) in [6, 6.07) is 0. The molecule has 0 aromatic heterocycles. The van der Waals surface area contributed by atoms with Crippen LogP contribution in [0.4, 0.5) is 0 Å². The van der Waals surface area contributed by atoms with Gasteiger partial charge in [-0.15, -0.1) is 0 Å². The van der Waals surface area contributed by atoms with E-state index in [0.717, 1.165) is 77.0 Å². The number of hydrogen-bond donors (Lipinski definition) is 1. The summed E-state index contributed by atoms with van der Waals surface area (Å²) in [6.07, 6.45) is 5.44. The van der Waals surface area contributed by atoms with Gasteiger partial charge in [-0.2, -0.15) is 0 Å². The average molecular weight is 663 g/mol. The number of ether oxygens (including phenoxy) is 9. The first-order chi connectivity index (χ1) is 22.5. The van der Waals surface area contributed by atoms with Gasteiger partial charge in [0.05, 0.1) is 12.7 Å². The molecular formula is C36H70O10. The van der Waals surface area contributed by atoms with Crippen LogP contribution in [0.5, 0.6) is 0 Å². The van der Waals surface area contributed by atoms with Gasteiger partial charge in [0.2, 0.25) is 0 Å². The third-order valence-electron chi connectivity index (χ3n) is 8.59. The van der Waals surface area contributed by atoms with Crippen molar-refractivity contribution < 1.29 is 47.7 Å². The molecule has 0 radical (unpaired) electrons. The summed E-state index contributed by atoms with van der Waals surface area (Å²) in [5.41, 5.74) is 0. The van der Waals surface area contributed by atoms with Crippen LogP contribution in [-0.2, 0) is 42.6 Å². The molecule has 0 bridgehead atoms. The highest BCUT2D eigenvalue weighted by Gasteiger charge is 2.53. The maximum atomic E-state index is 11.5. The highest BCUT2D eigenvalue weighted by Crippen LogP contribution is 2.34. The molecule has 274 valence electrons. The number of aliphatic hydroxyl groups is 1. The molecule has 2 rings (SSSR count). The molecule has 2 heterocycles. The molecule has 10 nitrogen and oxygen atoms in total. The predicted octanol–water partition coefficient (Wildman–Crippen LogP) is 6.58. The van der Waals surface area contributed by atoms with Gasteiger partial charge in [0, 0.05) is 39.6 Å². The van der Waals surface area contributed by atoms with Crippen molar-refractivity contribution >= 4 is 0 Å². The van der Waals surface area contributed by atoms with Gasteiger partial charge in [0.1, 0.15) is 42.7 Å². The van der Waals surface area contributed by atoms with E-state index >= 15 is 0 Å². The first-order valence-electron chi connectivity index (χ1n) is 18.8. The molecule has 0 aliphatic carbocycles. The summed E-state index contributed by atoms with van der Waals surface area (Å²) >= 11 is 0. The normalized spacial score (nSPS) is 31.8. The summed E-state index contributed by atoms with van der Waals surface area (Å²) in [5, 5.41) is 11.5. The Balaban J connectivity index is 2.39. The standard InChI is InChI=1S/C36H70O10/c1-8-14-20-38-26-28-30(40-22-16-10-3)32(42-24-18-12-5)33(35(37)45-28)46-36-34(43-25-19-13-6)31(41-23-17-11-4)29(27(7)44-36)39-21-15-9-2/h27-37H,8-26H2,1-7H3/t27?,28?,29-,30+,31?,32+,33?,34+,35-,36+/m1/s1. The zero-order chi connectivity index (χ0) is 33.6. The summed E-state index contributed by atoms with van der Waals surface area (Å²) in [4.78, 5) is 0. The Kier molecular flexibility index (Phi) is 23.2. The van der Waals surface area contributed by atoms with E-state index in [-0.39, 0.29) is 12.2 Å². The van der Waals surface area contributed by atoms with E-state index < -0.39 is 49.2 Å². The lowest BCUT2D eigenvalue weighted by molar-refractivity contribution is -0.372. The molecule has 2 aliphatic rings. The van der Waals surface area contributed by atoms with E-state index in [2.05, 4.69) is 41.5 Å². The molecule has 0 spiro atoms. The molecule has 0 aromatic carbocycles. The van der Waals surface area contributed by atoms with Crippen molar-refractivity contribution in [2.45, 2.75) is 187 Å². The summed E-state index contributed by atoms with van der Waals surface area (Å²) in [6.45, 7) is 18.6. The number of unbranched alkanes of at least 4 members (excludes halogenated alkanes) is 6. The Morgan fingerprint density at radius 2 is 0.891 bits per heavy atom. The quantitative estimate of drug-likeness (QED) is 0.0971. The second-order valence-corrected chi connectivity index (χ2v) is 12.7. The van der Waals surface area contributed by atoms with Crippen LogP contribution in [0, 0.1) is 0 Å². The van der Waals surface area contributed by atoms with E-state index in [1.54, 1.807) is 0 Å². The van der Waals surface area contributed by atoms with Crippen molar-refractivity contribution in [2.75, 3.05) is 46.2 Å². The average Bonchev–Trinajstić information content (AvgIpc) is 3.04. The lowest BCUT2D eigenvalue weighted by atomic mass is 9.96. The van der Waals surface area contributed by atoms with Gasteiger partial charge in [-0.3, -0.25) is 0 Å². The highest BCUT2D eigenvalue weighted by molar-refractivity contribution is 4.96. The van der Waals surface area contributed by atoms with E-state index in [1.165, 1.54) is 0 Å². The van der Waals surface area contributed by atoms with Gasteiger partial charge in [-0.25, -0.2) is 0 Å². The minimum absolute atomic E-state index is 0.304. The van der Waals surface area contributed by atoms with Crippen LogP contribution >= 0.6 is 0 Å². The van der Waals surface area contributed by atoms with Crippen molar-refractivity contribution in [1.29, 1.82) is 0 Å². The van der Waals surface area contributed by atoms with Gasteiger partial charge >= 0.3 is 0 Å². The van der Waals surface area contributed by atoms with Crippen LogP contribution in [0.2, 0.25) is 0 Å². The first kappa shape index (κ1) is 41.8. The van der Waals surface area contributed by atoms with Crippen molar-refractivity contribution in [1.82, 2.24) is 0 Å². The van der Waals surface area contributed by atoms with Gasteiger partial charge in [0.25, 0.3) is 0 Å². The molecule has 2 fully saturated rings. The Morgan fingerprint density at radius 3 is 1.39 bits per heavy atom. The van der Waals surface area contributed by atoms with Crippen LogP contribution in [0.15, 0.2) is 0 Å². The molecule has 10 atom stereocenters.